The Morgan fingerprint density at radius 1 is 1.33 bits per heavy atom. The fraction of sp³-hybridized carbons (Fsp3) is 0.650. The van der Waals surface area contributed by atoms with Gasteiger partial charge >= 0.3 is 0 Å². The van der Waals surface area contributed by atoms with Gasteiger partial charge < -0.3 is 15.0 Å². The third-order valence-corrected chi connectivity index (χ3v) is 5.43. The number of benzene rings is 1. The van der Waals surface area contributed by atoms with Crippen LogP contribution in [0.4, 0.5) is 0 Å². The van der Waals surface area contributed by atoms with Gasteiger partial charge in [-0.2, -0.15) is 0 Å². The van der Waals surface area contributed by atoms with E-state index in [0.29, 0.717) is 17.9 Å². The van der Waals surface area contributed by atoms with Gasteiger partial charge in [-0.05, 0) is 64.6 Å². The average Bonchev–Trinajstić information content (AvgIpc) is 2.85. The van der Waals surface area contributed by atoms with Crippen LogP contribution in [0.5, 0.6) is 5.75 Å². The van der Waals surface area contributed by atoms with Gasteiger partial charge in [0.05, 0.1) is 12.5 Å². The Labute approximate surface area is 145 Å². The first-order valence-corrected chi connectivity index (χ1v) is 9.24. The number of ether oxygens (including phenoxy) is 1. The Morgan fingerprint density at radius 3 is 2.75 bits per heavy atom. The van der Waals surface area contributed by atoms with Crippen LogP contribution in [0.3, 0.4) is 0 Å². The van der Waals surface area contributed by atoms with E-state index in [1.807, 2.05) is 38.1 Å². The first-order chi connectivity index (χ1) is 11.5. The Morgan fingerprint density at radius 2 is 2.04 bits per heavy atom. The number of piperidine rings is 1. The van der Waals surface area contributed by atoms with Crippen molar-refractivity contribution in [2.75, 3.05) is 19.6 Å². The number of para-hydroxylation sites is 1. The minimum absolute atomic E-state index is 0.116. The highest BCUT2D eigenvalue weighted by atomic mass is 16.5. The number of hydrogen-bond donors (Lipinski definition) is 1. The summed E-state index contributed by atoms with van der Waals surface area (Å²) < 4.78 is 5.87. The highest BCUT2D eigenvalue weighted by Gasteiger charge is 2.44. The van der Waals surface area contributed by atoms with Crippen LogP contribution in [0.2, 0.25) is 0 Å². The Hall–Kier alpha value is -1.55. The van der Waals surface area contributed by atoms with Crippen molar-refractivity contribution in [3.05, 3.63) is 29.8 Å². The molecule has 1 unspecified atom stereocenters. The number of amides is 1. The van der Waals surface area contributed by atoms with Gasteiger partial charge in [-0.15, -0.1) is 0 Å². The van der Waals surface area contributed by atoms with Crippen LogP contribution in [0.15, 0.2) is 24.3 Å². The summed E-state index contributed by atoms with van der Waals surface area (Å²) in [6, 6.07) is 8.26. The lowest BCUT2D eigenvalue weighted by Crippen LogP contribution is -2.40. The summed E-state index contributed by atoms with van der Waals surface area (Å²) in [6.45, 7) is 9.32. The molecule has 4 heteroatoms. The molecule has 0 saturated carbocycles. The van der Waals surface area contributed by atoms with Gasteiger partial charge in [0.25, 0.3) is 0 Å². The lowest BCUT2D eigenvalue weighted by molar-refractivity contribution is -0.131. The first kappa shape index (κ1) is 17.3. The van der Waals surface area contributed by atoms with E-state index < -0.39 is 0 Å². The molecule has 3 rings (SSSR count). The molecule has 1 aromatic rings. The number of rotatable bonds is 4. The van der Waals surface area contributed by atoms with Crippen LogP contribution in [-0.4, -0.2) is 42.6 Å². The molecule has 2 saturated heterocycles. The van der Waals surface area contributed by atoms with Crippen molar-refractivity contribution in [3.8, 4) is 5.75 Å². The van der Waals surface area contributed by atoms with Crippen LogP contribution < -0.4 is 10.1 Å². The standard InChI is InChI=1S/C20H30N2O2/c1-15(2)24-18-7-5-4-6-17(18)12-19(23)22-14-20(13-16(22)3)8-10-21-11-9-20/h4-7,15-16,21H,8-14H2,1-3H3. The molecule has 1 N–H and O–H groups in total. The monoisotopic (exact) mass is 330 g/mol. The molecule has 1 spiro atoms. The molecular weight excluding hydrogens is 300 g/mol. The molecule has 1 aromatic carbocycles. The predicted octanol–water partition coefficient (Wildman–Crippen LogP) is 3.01. The molecule has 0 aliphatic carbocycles. The Kier molecular flexibility index (Phi) is 5.14. The molecule has 2 aliphatic rings. The maximum atomic E-state index is 12.9. The van der Waals surface area contributed by atoms with E-state index in [2.05, 4.69) is 17.1 Å². The van der Waals surface area contributed by atoms with Gasteiger partial charge in [-0.1, -0.05) is 18.2 Å². The molecule has 24 heavy (non-hydrogen) atoms. The number of likely N-dealkylation sites (tertiary alicyclic amines) is 1. The first-order valence-electron chi connectivity index (χ1n) is 9.24. The zero-order chi connectivity index (χ0) is 17.2. The van der Waals surface area contributed by atoms with Gasteiger partial charge in [0.1, 0.15) is 5.75 Å². The van der Waals surface area contributed by atoms with E-state index >= 15 is 0 Å². The van der Waals surface area contributed by atoms with E-state index in [1.165, 1.54) is 12.8 Å². The number of nitrogens with zero attached hydrogens (tertiary/aromatic N) is 1. The second-order valence-corrected chi connectivity index (χ2v) is 7.78. The van der Waals surface area contributed by atoms with Gasteiger partial charge in [-0.3, -0.25) is 4.79 Å². The number of nitrogens with one attached hydrogen (secondary N) is 1. The summed E-state index contributed by atoms with van der Waals surface area (Å²) in [5, 5.41) is 3.44. The minimum Gasteiger partial charge on any atom is -0.491 e. The SMILES string of the molecule is CC(C)Oc1ccccc1CC(=O)N1CC2(CCNCC2)CC1C. The Bertz CT molecular complexity index is 579. The topological polar surface area (TPSA) is 41.6 Å². The molecule has 132 valence electrons. The van der Waals surface area contributed by atoms with Crippen LogP contribution in [0.1, 0.15) is 45.6 Å². The van der Waals surface area contributed by atoms with Crippen LogP contribution in [-0.2, 0) is 11.2 Å². The third-order valence-electron chi connectivity index (χ3n) is 5.43. The summed E-state index contributed by atoms with van der Waals surface area (Å²) in [7, 11) is 0. The van der Waals surface area contributed by atoms with Crippen LogP contribution in [0, 0.1) is 5.41 Å². The molecule has 1 atom stereocenters. The van der Waals surface area contributed by atoms with Crippen molar-refractivity contribution in [2.24, 2.45) is 5.41 Å². The highest BCUT2D eigenvalue weighted by molar-refractivity contribution is 5.80. The van der Waals surface area contributed by atoms with E-state index in [9.17, 15) is 4.79 Å². The molecule has 0 bridgehead atoms. The van der Waals surface area contributed by atoms with Crippen molar-refractivity contribution in [3.63, 3.8) is 0 Å². The van der Waals surface area contributed by atoms with Crippen LogP contribution >= 0.6 is 0 Å². The van der Waals surface area contributed by atoms with Gasteiger partial charge in [-0.25, -0.2) is 0 Å². The second kappa shape index (κ2) is 7.14. The van der Waals surface area contributed by atoms with Crippen molar-refractivity contribution in [2.45, 2.75) is 58.6 Å². The van der Waals surface area contributed by atoms with Crippen molar-refractivity contribution >= 4 is 5.91 Å². The molecule has 4 nitrogen and oxygen atoms in total. The maximum Gasteiger partial charge on any atom is 0.227 e. The molecule has 2 heterocycles. The maximum absolute atomic E-state index is 12.9. The van der Waals surface area contributed by atoms with Gasteiger partial charge in [0.2, 0.25) is 5.91 Å². The molecule has 2 fully saturated rings. The lowest BCUT2D eigenvalue weighted by atomic mass is 9.77. The summed E-state index contributed by atoms with van der Waals surface area (Å²) >= 11 is 0. The largest absolute Gasteiger partial charge is 0.491 e. The summed E-state index contributed by atoms with van der Waals surface area (Å²) in [4.78, 5) is 15.1. The summed E-state index contributed by atoms with van der Waals surface area (Å²) in [6.07, 6.45) is 4.07. The number of hydrogen-bond acceptors (Lipinski definition) is 3. The van der Waals surface area contributed by atoms with Crippen molar-refractivity contribution < 1.29 is 9.53 Å². The highest BCUT2D eigenvalue weighted by Crippen LogP contribution is 2.42. The summed E-state index contributed by atoms with van der Waals surface area (Å²) in [5.41, 5.74) is 1.34. The molecule has 1 amide bonds. The van der Waals surface area contributed by atoms with E-state index in [0.717, 1.165) is 37.4 Å². The fourth-order valence-electron chi connectivity index (χ4n) is 4.26. The van der Waals surface area contributed by atoms with Crippen molar-refractivity contribution in [1.29, 1.82) is 0 Å². The number of carbonyl (C=O) groups is 1. The third kappa shape index (κ3) is 3.75. The predicted molar refractivity (Wildman–Crippen MR) is 96.2 cm³/mol. The van der Waals surface area contributed by atoms with E-state index in [1.54, 1.807) is 0 Å². The van der Waals surface area contributed by atoms with E-state index in [-0.39, 0.29) is 12.0 Å². The minimum atomic E-state index is 0.116. The molecule has 2 aliphatic heterocycles. The Balaban J connectivity index is 1.69. The molecule has 0 radical (unpaired) electrons. The molecular formula is C20H30N2O2. The molecule has 0 aromatic heterocycles. The average molecular weight is 330 g/mol. The van der Waals surface area contributed by atoms with Gasteiger partial charge in [0, 0.05) is 18.2 Å². The smallest absolute Gasteiger partial charge is 0.227 e. The second-order valence-electron chi connectivity index (χ2n) is 7.78. The van der Waals surface area contributed by atoms with Crippen LogP contribution in [0.25, 0.3) is 0 Å². The zero-order valence-corrected chi connectivity index (χ0v) is 15.2. The van der Waals surface area contributed by atoms with E-state index in [4.69, 9.17) is 4.74 Å². The zero-order valence-electron chi connectivity index (χ0n) is 15.2. The van der Waals surface area contributed by atoms with Crippen molar-refractivity contribution in [1.82, 2.24) is 10.2 Å². The summed E-state index contributed by atoms with van der Waals surface area (Å²) in [5.74, 6) is 1.07. The lowest BCUT2D eigenvalue weighted by Gasteiger charge is -2.33. The quantitative estimate of drug-likeness (QED) is 0.923. The fourth-order valence-corrected chi connectivity index (χ4v) is 4.26. The van der Waals surface area contributed by atoms with Gasteiger partial charge in [0.15, 0.2) is 0 Å². The number of carbonyl (C=O) groups excluding carboxylic acids is 1. The normalized spacial score (nSPS) is 23.0.